The molecule has 1 fully saturated rings. The number of hydrogen-bond donors (Lipinski definition) is 0. The Morgan fingerprint density at radius 2 is 1.73 bits per heavy atom. The standard InChI is InChI=1S/C23H30N.C10H11NO3.ClH.Ru/c1-17(2)20-14-10-11-18(3)21(20)24-16-23(6,15-22(24,4)5)19-12-8-7-9-13-19;1-7(2)14-10-5-4-9(11(12)13)6-8(10)3;;/h7-14,16-17H,15H2,1-6H3;3-7H,1-2H3;1H;/q-1;;;+1/p-1. The van der Waals surface area contributed by atoms with Gasteiger partial charge in [-0.2, -0.15) is 0 Å². The van der Waals surface area contributed by atoms with Crippen molar-refractivity contribution in [1.29, 1.82) is 0 Å². The number of nitrogens with zero attached hydrogens (tertiary/aromatic N) is 2. The van der Waals surface area contributed by atoms with Crippen molar-refractivity contribution in [3.63, 3.8) is 0 Å². The van der Waals surface area contributed by atoms with Crippen molar-refractivity contribution in [3.05, 3.63) is 106 Å². The molecular weight excluding hydrogens is 609 g/mol. The fourth-order valence-corrected chi connectivity index (χ4v) is 6.55. The first-order valence-corrected chi connectivity index (χ1v) is 16.8. The Bertz CT molecular complexity index is 1340. The number of halogens is 1. The van der Waals surface area contributed by atoms with Crippen LogP contribution >= 0.6 is 9.69 Å². The molecule has 40 heavy (non-hydrogen) atoms. The molecule has 5 nitrogen and oxygen atoms in total. The Labute approximate surface area is 251 Å². The minimum Gasteiger partial charge on any atom is -0.517 e. The summed E-state index contributed by atoms with van der Waals surface area (Å²) in [6.07, 6.45) is 1.15. The number of aryl methyl sites for hydroxylation is 1. The molecule has 0 aromatic heterocycles. The maximum Gasteiger partial charge on any atom is 0.0140 e. The van der Waals surface area contributed by atoms with Crippen LogP contribution in [0.4, 0.5) is 11.4 Å². The van der Waals surface area contributed by atoms with Crippen molar-refractivity contribution < 1.29 is 25.3 Å². The number of nitro benzene ring substituents is 1. The Morgan fingerprint density at radius 1 is 1.05 bits per heavy atom. The SMILES string of the molecule is CC(C)Oc1ccc([N+](=O)[O-])cc1[CH]=[Ru][Cl].Cc1cccc(C(C)C)c1N1[CH-]C(C)(c2ccccc2)CC1(C)C. The number of ether oxygens (including phenoxy) is 1. The Hall–Kier alpha value is -2.56. The van der Waals surface area contributed by atoms with E-state index < -0.39 is 20.6 Å². The molecule has 4 rings (SSSR count). The van der Waals surface area contributed by atoms with E-state index in [-0.39, 0.29) is 22.7 Å². The largest absolute Gasteiger partial charge is 0.517 e. The Balaban J connectivity index is 0.000000241. The number of benzene rings is 3. The van der Waals surface area contributed by atoms with Crippen LogP contribution in [0.1, 0.15) is 83.1 Å². The average Bonchev–Trinajstić information content (AvgIpc) is 3.14. The van der Waals surface area contributed by atoms with Crippen LogP contribution in [-0.4, -0.2) is 21.2 Å². The second-order valence-corrected chi connectivity index (χ2v) is 13.6. The predicted octanol–water partition coefficient (Wildman–Crippen LogP) is 9.00. The van der Waals surface area contributed by atoms with E-state index in [4.69, 9.17) is 14.4 Å². The summed E-state index contributed by atoms with van der Waals surface area (Å²) in [4.78, 5) is 12.7. The summed E-state index contributed by atoms with van der Waals surface area (Å²) in [6.45, 7) is 20.2. The van der Waals surface area contributed by atoms with Gasteiger partial charge in [0.1, 0.15) is 0 Å². The van der Waals surface area contributed by atoms with Gasteiger partial charge in [0.15, 0.2) is 0 Å². The van der Waals surface area contributed by atoms with Gasteiger partial charge in [0, 0.05) is 11.2 Å². The predicted molar refractivity (Wildman–Crippen MR) is 164 cm³/mol. The molecule has 0 spiro atoms. The number of anilines is 1. The van der Waals surface area contributed by atoms with Gasteiger partial charge in [-0.25, -0.2) is 6.54 Å². The van der Waals surface area contributed by atoms with Crippen LogP contribution in [0.2, 0.25) is 0 Å². The molecule has 0 amide bonds. The zero-order chi connectivity index (χ0) is 29.7. The van der Waals surface area contributed by atoms with Crippen LogP contribution < -0.4 is 9.64 Å². The summed E-state index contributed by atoms with van der Waals surface area (Å²) in [5, 5.41) is 10.6. The van der Waals surface area contributed by atoms with Crippen LogP contribution in [0.5, 0.6) is 5.75 Å². The fraction of sp³-hybridized carbons (Fsp3) is 0.394. The van der Waals surface area contributed by atoms with Crippen LogP contribution in [0, 0.1) is 23.6 Å². The quantitative estimate of drug-likeness (QED) is 0.111. The van der Waals surface area contributed by atoms with E-state index in [9.17, 15) is 10.1 Å². The van der Waals surface area contributed by atoms with Gasteiger partial charge in [-0.05, 0) is 44.2 Å². The first kappa shape index (κ1) is 32.0. The molecule has 1 atom stereocenters. The summed E-state index contributed by atoms with van der Waals surface area (Å²) in [5.74, 6) is 1.16. The first-order chi connectivity index (χ1) is 18.8. The van der Waals surface area contributed by atoms with Crippen molar-refractivity contribution in [2.75, 3.05) is 4.90 Å². The van der Waals surface area contributed by atoms with Gasteiger partial charge >= 0.3 is 105 Å². The number of nitro groups is 1. The molecular formula is C33H41ClN2O3Ru-. The van der Waals surface area contributed by atoms with Gasteiger partial charge in [0.25, 0.3) is 0 Å². The van der Waals surface area contributed by atoms with Crippen LogP contribution in [0.25, 0.3) is 0 Å². The van der Waals surface area contributed by atoms with Gasteiger partial charge in [-0.1, -0.05) is 74.9 Å². The Kier molecular flexibility index (Phi) is 10.7. The third-order valence-electron chi connectivity index (χ3n) is 7.15. The van der Waals surface area contributed by atoms with E-state index in [0.29, 0.717) is 17.2 Å². The molecule has 3 aromatic carbocycles. The zero-order valence-corrected chi connectivity index (χ0v) is 27.2. The number of rotatable bonds is 7. The molecule has 0 bridgehead atoms. The van der Waals surface area contributed by atoms with E-state index in [1.807, 2.05) is 13.8 Å². The van der Waals surface area contributed by atoms with Gasteiger partial charge in [-0.3, -0.25) is 0 Å². The summed E-state index contributed by atoms with van der Waals surface area (Å²) in [5.41, 5.74) is 6.52. The van der Waals surface area contributed by atoms with Crippen molar-refractivity contribution in [1.82, 2.24) is 0 Å². The van der Waals surface area contributed by atoms with Crippen molar-refractivity contribution >= 4 is 25.7 Å². The maximum atomic E-state index is 10.6. The van der Waals surface area contributed by atoms with Gasteiger partial charge < -0.3 is 4.90 Å². The third kappa shape index (κ3) is 7.59. The molecule has 0 radical (unpaired) electrons. The van der Waals surface area contributed by atoms with E-state index >= 15 is 0 Å². The molecule has 3 aromatic rings. The molecule has 1 aliphatic rings. The summed E-state index contributed by atoms with van der Waals surface area (Å²) >= 11 is -0.440. The number of hydrogen-bond acceptors (Lipinski definition) is 4. The normalized spacial score (nSPS) is 18.4. The fourth-order valence-electron chi connectivity index (χ4n) is 5.46. The second-order valence-electron chi connectivity index (χ2n) is 11.8. The van der Waals surface area contributed by atoms with Crippen LogP contribution in [-0.2, 0) is 21.1 Å². The number of non-ortho nitro benzene ring substituents is 1. The molecule has 1 heterocycles. The smallest absolute Gasteiger partial charge is 0.0140 e. The molecule has 1 saturated heterocycles. The zero-order valence-electron chi connectivity index (χ0n) is 24.7. The van der Waals surface area contributed by atoms with Gasteiger partial charge in [0.05, 0.1) is 0 Å². The van der Waals surface area contributed by atoms with Crippen molar-refractivity contribution in [3.8, 4) is 5.75 Å². The summed E-state index contributed by atoms with van der Waals surface area (Å²) < 4.78 is 7.31. The average molecular weight is 650 g/mol. The van der Waals surface area contributed by atoms with E-state index in [0.717, 1.165) is 6.42 Å². The minimum atomic E-state index is -0.440. The molecule has 0 N–H and O–H groups in total. The van der Waals surface area contributed by atoms with Gasteiger partial charge in [-0.15, -0.1) is 5.41 Å². The molecule has 0 saturated carbocycles. The van der Waals surface area contributed by atoms with E-state index in [1.54, 1.807) is 10.7 Å². The summed E-state index contributed by atoms with van der Waals surface area (Å²) in [7, 11) is 5.69. The third-order valence-corrected chi connectivity index (χ3v) is 8.33. The minimum absolute atomic E-state index is 0.0275. The van der Waals surface area contributed by atoms with Crippen LogP contribution in [0.3, 0.4) is 0 Å². The summed E-state index contributed by atoms with van der Waals surface area (Å²) in [6, 6.07) is 22.2. The second kappa shape index (κ2) is 13.4. The van der Waals surface area contributed by atoms with E-state index in [2.05, 4.69) is 102 Å². The Morgan fingerprint density at radius 3 is 2.30 bits per heavy atom. The first-order valence-electron chi connectivity index (χ1n) is 13.6. The molecule has 0 aliphatic carbocycles. The molecule has 1 unspecified atom stereocenters. The van der Waals surface area contributed by atoms with Crippen LogP contribution in [0.15, 0.2) is 66.7 Å². The topological polar surface area (TPSA) is 55.6 Å². The monoisotopic (exact) mass is 650 g/mol. The van der Waals surface area contributed by atoms with Gasteiger partial charge in [0.2, 0.25) is 0 Å². The van der Waals surface area contributed by atoms with E-state index in [1.165, 1.54) is 34.5 Å². The maximum absolute atomic E-state index is 10.6. The van der Waals surface area contributed by atoms with Crippen molar-refractivity contribution in [2.45, 2.75) is 84.8 Å². The molecule has 7 heteroatoms. The van der Waals surface area contributed by atoms with Crippen molar-refractivity contribution in [2.24, 2.45) is 0 Å². The molecule has 217 valence electrons. The molecule has 1 aliphatic heterocycles. The number of para-hydroxylation sites is 1.